The molecule has 0 saturated carbocycles. The number of aromatic hydroxyl groups is 2. The first-order valence-electron chi connectivity index (χ1n) is 19.1. The SMILES string of the molecule is CCN[C@H](COc1cc([C@H]2O[C@@H](CCc3ccc(O)c(OCNC[C@H](C)O)c3)C[C@H](O)[C@@H]2CCO)cc(OC)c1O)[C@@H]1[C@@H](C(=O)O)C=C[C@H]1c1ccnc(N)c1. The number of anilines is 1. The van der Waals surface area contributed by atoms with Gasteiger partial charge < -0.3 is 60.6 Å². The third kappa shape index (κ3) is 10.6. The molecule has 2 aromatic carbocycles. The fourth-order valence-electron chi connectivity index (χ4n) is 7.82. The molecule has 0 unspecified atom stereocenters. The predicted molar refractivity (Wildman–Crippen MR) is 208 cm³/mol. The Labute approximate surface area is 327 Å². The summed E-state index contributed by atoms with van der Waals surface area (Å²) >= 11 is 0. The summed E-state index contributed by atoms with van der Waals surface area (Å²) in [6, 6.07) is 11.4. The third-order valence-corrected chi connectivity index (χ3v) is 10.5. The van der Waals surface area contributed by atoms with E-state index < -0.39 is 48.1 Å². The lowest BCUT2D eigenvalue weighted by molar-refractivity contribution is -0.144. The maximum Gasteiger partial charge on any atom is 0.310 e. The van der Waals surface area contributed by atoms with Gasteiger partial charge in [-0.25, -0.2) is 4.98 Å². The van der Waals surface area contributed by atoms with Crippen molar-refractivity contribution in [3.05, 3.63) is 77.5 Å². The lowest BCUT2D eigenvalue weighted by Crippen LogP contribution is -2.46. The summed E-state index contributed by atoms with van der Waals surface area (Å²) in [5, 5.41) is 69.0. The molecule has 1 aliphatic heterocycles. The van der Waals surface area contributed by atoms with Gasteiger partial charge >= 0.3 is 5.97 Å². The number of phenolic OH excluding ortho intramolecular Hbond substituents is 2. The van der Waals surface area contributed by atoms with E-state index in [1.165, 1.54) is 7.11 Å². The van der Waals surface area contributed by atoms with Crippen LogP contribution in [0.15, 0.2) is 60.8 Å². The van der Waals surface area contributed by atoms with Gasteiger partial charge in [0.25, 0.3) is 0 Å². The number of aliphatic hydroxyl groups excluding tert-OH is 3. The van der Waals surface area contributed by atoms with Crippen LogP contribution in [-0.2, 0) is 16.0 Å². The highest BCUT2D eigenvalue weighted by Crippen LogP contribution is 2.46. The molecule has 3 aromatic rings. The second-order valence-corrected chi connectivity index (χ2v) is 14.5. The minimum Gasteiger partial charge on any atom is -0.504 e. The van der Waals surface area contributed by atoms with E-state index in [4.69, 9.17) is 24.7 Å². The zero-order valence-electron chi connectivity index (χ0n) is 32.1. The summed E-state index contributed by atoms with van der Waals surface area (Å²) in [4.78, 5) is 16.6. The van der Waals surface area contributed by atoms with Gasteiger partial charge in [0, 0.05) is 43.1 Å². The van der Waals surface area contributed by atoms with E-state index >= 15 is 0 Å². The molecule has 5 rings (SSSR count). The number of nitrogen functional groups attached to an aromatic ring is 1. The number of rotatable bonds is 20. The van der Waals surface area contributed by atoms with Gasteiger partial charge in [-0.15, -0.1) is 0 Å². The van der Waals surface area contributed by atoms with E-state index in [9.17, 15) is 35.4 Å². The van der Waals surface area contributed by atoms with Crippen molar-refractivity contribution in [1.82, 2.24) is 15.6 Å². The van der Waals surface area contributed by atoms with Crippen LogP contribution in [0.1, 0.15) is 61.8 Å². The van der Waals surface area contributed by atoms with Gasteiger partial charge in [0.15, 0.2) is 23.0 Å². The van der Waals surface area contributed by atoms with Crippen LogP contribution in [0.4, 0.5) is 5.82 Å². The highest BCUT2D eigenvalue weighted by molar-refractivity contribution is 5.74. The molecule has 0 spiro atoms. The number of nitrogens with two attached hydrogens (primary N) is 1. The smallest absolute Gasteiger partial charge is 0.310 e. The number of carboxylic acids is 1. The summed E-state index contributed by atoms with van der Waals surface area (Å²) < 4.78 is 24.2. The molecule has 56 heavy (non-hydrogen) atoms. The van der Waals surface area contributed by atoms with Gasteiger partial charge in [0.1, 0.15) is 19.2 Å². The van der Waals surface area contributed by atoms with Crippen LogP contribution in [-0.4, -0.2) is 106 Å². The Morgan fingerprint density at radius 1 is 1.05 bits per heavy atom. The number of aromatic nitrogens is 1. The number of likely N-dealkylation sites (N-methyl/N-ethyl adjacent to an activating group) is 1. The molecule has 10 N–H and O–H groups in total. The maximum absolute atomic E-state index is 12.5. The highest BCUT2D eigenvalue weighted by Gasteiger charge is 2.43. The van der Waals surface area contributed by atoms with Gasteiger partial charge in [-0.1, -0.05) is 25.1 Å². The second-order valence-electron chi connectivity index (χ2n) is 14.5. The number of ether oxygens (including phenoxy) is 4. The van der Waals surface area contributed by atoms with E-state index in [1.54, 1.807) is 55.6 Å². The third-order valence-electron chi connectivity index (χ3n) is 10.5. The van der Waals surface area contributed by atoms with E-state index in [1.807, 2.05) is 19.1 Å². The minimum atomic E-state index is -0.969. The van der Waals surface area contributed by atoms with Crippen LogP contribution >= 0.6 is 0 Å². The van der Waals surface area contributed by atoms with Gasteiger partial charge in [0.05, 0.1) is 37.4 Å². The number of nitrogens with one attached hydrogen (secondary N) is 2. The van der Waals surface area contributed by atoms with Crippen molar-refractivity contribution in [3.8, 4) is 28.7 Å². The summed E-state index contributed by atoms with van der Waals surface area (Å²) in [5.41, 5.74) is 8.27. The molecule has 15 heteroatoms. The van der Waals surface area contributed by atoms with Crippen LogP contribution in [0.3, 0.4) is 0 Å². The number of benzene rings is 2. The number of pyridine rings is 1. The number of nitrogens with zero attached hydrogens (tertiary/aromatic N) is 1. The number of methoxy groups -OCH3 is 1. The van der Waals surface area contributed by atoms with Gasteiger partial charge in [-0.2, -0.15) is 0 Å². The van der Waals surface area contributed by atoms with Crippen molar-refractivity contribution < 1.29 is 54.4 Å². The zero-order chi connectivity index (χ0) is 40.4. The Hall–Kier alpha value is -4.64. The Bertz CT molecular complexity index is 1780. The predicted octanol–water partition coefficient (Wildman–Crippen LogP) is 3.24. The molecule has 306 valence electrons. The number of aliphatic hydroxyl groups is 3. The summed E-state index contributed by atoms with van der Waals surface area (Å²) in [6.45, 7) is 4.36. The molecular weight excluding hydrogens is 724 g/mol. The fourth-order valence-corrected chi connectivity index (χ4v) is 7.82. The van der Waals surface area contributed by atoms with Crippen molar-refractivity contribution in [3.63, 3.8) is 0 Å². The molecular formula is C41H56N4O11. The first kappa shape index (κ1) is 42.5. The number of aryl methyl sites for hydroxylation is 1. The van der Waals surface area contributed by atoms with Crippen LogP contribution < -0.4 is 30.6 Å². The van der Waals surface area contributed by atoms with E-state index in [2.05, 4.69) is 15.6 Å². The maximum atomic E-state index is 12.5. The standard InChI is InChI=1S/C41H56N4O11/c1-4-44-31(38-28(8-9-30(38)41(51)52)25-11-13-45-37(42)18-25)21-54-36-17-26(16-35(53-3)39(36)50)40-29(12-14-46)33(49)19-27(56-40)7-5-24-6-10-32(48)34(15-24)55-22-43-20-23(2)47/h6,8-11,13,15-18,23,27-31,33,38,40,43-44,46-50H,4-5,7,12,14,19-22H2,1-3H3,(H2,42,45)(H,51,52)/t23-,27-,28-,29-,30-,31+,33-,38-,40+/m0/s1. The van der Waals surface area contributed by atoms with Crippen molar-refractivity contribution >= 4 is 11.8 Å². The summed E-state index contributed by atoms with van der Waals surface area (Å²) in [7, 11) is 1.42. The Morgan fingerprint density at radius 3 is 2.54 bits per heavy atom. The molecule has 0 radical (unpaired) electrons. The zero-order valence-corrected chi connectivity index (χ0v) is 32.1. The Kier molecular flexibility index (Phi) is 15.2. The van der Waals surface area contributed by atoms with Crippen molar-refractivity contribution in [2.24, 2.45) is 17.8 Å². The van der Waals surface area contributed by atoms with Gasteiger partial charge in [-0.05, 0) is 92.2 Å². The average molecular weight is 781 g/mol. The quantitative estimate of drug-likeness (QED) is 0.0455. The normalized spacial score (nSPS) is 24.4. The molecule has 1 saturated heterocycles. The monoisotopic (exact) mass is 780 g/mol. The van der Waals surface area contributed by atoms with Crippen molar-refractivity contribution in [1.29, 1.82) is 0 Å². The van der Waals surface area contributed by atoms with Crippen LogP contribution in [0.25, 0.3) is 0 Å². The molecule has 0 bridgehead atoms. The number of carboxylic acid groups (broad SMARTS) is 1. The Balaban J connectivity index is 1.36. The average Bonchev–Trinajstić information content (AvgIpc) is 3.62. The Morgan fingerprint density at radius 2 is 1.84 bits per heavy atom. The van der Waals surface area contributed by atoms with E-state index in [0.717, 1.165) is 11.1 Å². The minimum absolute atomic E-state index is 0.00695. The van der Waals surface area contributed by atoms with Crippen LogP contribution in [0, 0.1) is 17.8 Å². The van der Waals surface area contributed by atoms with Gasteiger partial charge in [0.2, 0.25) is 5.75 Å². The van der Waals surface area contributed by atoms with Gasteiger partial charge in [-0.3, -0.25) is 10.1 Å². The molecule has 15 nitrogen and oxygen atoms in total. The number of allylic oxidation sites excluding steroid dienone is 1. The summed E-state index contributed by atoms with van der Waals surface area (Å²) in [5.74, 6) is -2.45. The number of carbonyl (C=O) groups is 1. The first-order chi connectivity index (χ1) is 26.9. The molecule has 9 atom stereocenters. The lowest BCUT2D eigenvalue weighted by atomic mass is 9.79. The number of hydrogen-bond donors (Lipinski definition) is 9. The lowest BCUT2D eigenvalue weighted by Gasteiger charge is -2.40. The second kappa shape index (κ2) is 20.0. The van der Waals surface area contributed by atoms with Crippen molar-refractivity contribution in [2.45, 2.75) is 75.9 Å². The highest BCUT2D eigenvalue weighted by atomic mass is 16.5. The number of aliphatic carboxylic acids is 1. The summed E-state index contributed by atoms with van der Waals surface area (Å²) in [6.07, 6.45) is 4.38. The fraction of sp³-hybridized carbons (Fsp3) is 0.512. The number of phenols is 2. The molecule has 1 fully saturated rings. The molecule has 2 aliphatic rings. The van der Waals surface area contributed by atoms with E-state index in [-0.39, 0.29) is 61.4 Å². The van der Waals surface area contributed by atoms with Crippen LogP contribution in [0.2, 0.25) is 0 Å². The first-order valence-corrected chi connectivity index (χ1v) is 19.1. The van der Waals surface area contributed by atoms with Crippen LogP contribution in [0.5, 0.6) is 28.7 Å². The van der Waals surface area contributed by atoms with Crippen molar-refractivity contribution in [2.75, 3.05) is 45.9 Å². The number of hydrogen-bond acceptors (Lipinski definition) is 14. The molecule has 0 amide bonds. The van der Waals surface area contributed by atoms with E-state index in [0.29, 0.717) is 49.5 Å². The topological polar surface area (TPSA) is 238 Å². The largest absolute Gasteiger partial charge is 0.504 e. The molecule has 2 heterocycles. The molecule has 1 aromatic heterocycles. The molecule has 1 aliphatic carbocycles.